The van der Waals surface area contributed by atoms with E-state index in [1.54, 1.807) is 42.7 Å². The number of nitrogens with two attached hydrogens (primary N) is 2. The van der Waals surface area contributed by atoms with Gasteiger partial charge in [0.2, 0.25) is 0 Å². The lowest BCUT2D eigenvalue weighted by atomic mass is 9.80. The van der Waals surface area contributed by atoms with E-state index in [0.717, 1.165) is 123 Å². The van der Waals surface area contributed by atoms with Gasteiger partial charge in [0.15, 0.2) is 0 Å². The molecule has 5 aromatic carbocycles. The molecular weight excluding hydrogens is 1190 g/mol. The molecule has 5 aliphatic rings. The van der Waals surface area contributed by atoms with E-state index in [1.807, 2.05) is 82.3 Å². The Bertz CT molecular complexity index is 3530. The Hall–Kier alpha value is -6.70. The van der Waals surface area contributed by atoms with Crippen LogP contribution in [0.25, 0.3) is 22.3 Å². The van der Waals surface area contributed by atoms with Gasteiger partial charge in [-0.05, 0) is 151 Å². The summed E-state index contributed by atoms with van der Waals surface area (Å²) in [5, 5.41) is 5.06. The minimum absolute atomic E-state index is 0.173. The Balaban J connectivity index is 0.000000128. The van der Waals surface area contributed by atoms with Gasteiger partial charge in [-0.25, -0.2) is 23.7 Å². The van der Waals surface area contributed by atoms with E-state index in [2.05, 4.69) is 42.3 Å². The third kappa shape index (κ3) is 14.3. The second-order valence-electron chi connectivity index (χ2n) is 20.0. The predicted octanol–water partition coefficient (Wildman–Crippen LogP) is 14.1. The van der Waals surface area contributed by atoms with Crippen molar-refractivity contribution in [2.75, 3.05) is 43.2 Å². The summed E-state index contributed by atoms with van der Waals surface area (Å²) in [6, 6.07) is 31.2. The molecule has 0 atom stereocenters. The molecule has 1 amide bonds. The number of hydrogen-bond donors (Lipinski definition) is 3. The van der Waals surface area contributed by atoms with E-state index in [0.29, 0.717) is 33.3 Å². The van der Waals surface area contributed by atoms with Gasteiger partial charge in [-0.2, -0.15) is 0 Å². The number of amides is 1. The molecule has 5 N–H and O–H groups in total. The number of halogens is 7. The van der Waals surface area contributed by atoms with E-state index >= 15 is 0 Å². The van der Waals surface area contributed by atoms with E-state index in [9.17, 15) is 13.6 Å². The van der Waals surface area contributed by atoms with Gasteiger partial charge in [-0.15, -0.1) is 0 Å². The number of fused-ring (bicyclic) bond motifs is 4. The number of rotatable bonds is 5. The van der Waals surface area contributed by atoms with Gasteiger partial charge in [0.25, 0.3) is 5.91 Å². The van der Waals surface area contributed by atoms with Crippen molar-refractivity contribution >= 4 is 98.3 Å². The topological polar surface area (TPSA) is 175 Å². The van der Waals surface area contributed by atoms with E-state index in [4.69, 9.17) is 86.1 Å². The fourth-order valence-corrected chi connectivity index (χ4v) is 10.0. The highest BCUT2D eigenvalue weighted by atomic mass is 79.9. The third-order valence-corrected chi connectivity index (χ3v) is 15.9. The summed E-state index contributed by atoms with van der Waals surface area (Å²) in [6.45, 7) is 11.0. The fourth-order valence-electron chi connectivity index (χ4n) is 8.77. The molecule has 81 heavy (non-hydrogen) atoms. The maximum absolute atomic E-state index is 13.7. The van der Waals surface area contributed by atoms with Crippen molar-refractivity contribution in [2.24, 2.45) is 0 Å². The summed E-state index contributed by atoms with van der Waals surface area (Å²) in [5.74, 6) is 1.97. The monoisotopic (exact) mass is 1240 g/mol. The Kier molecular flexibility index (Phi) is 18.6. The molecule has 21 heteroatoms. The molecule has 0 unspecified atom stereocenters. The number of carbonyl (C=O) groups is 1. The lowest BCUT2D eigenvalue weighted by molar-refractivity contribution is 0.00578. The number of aromatic nitrogens is 3. The van der Waals surface area contributed by atoms with E-state index in [-0.39, 0.29) is 24.1 Å². The summed E-state index contributed by atoms with van der Waals surface area (Å²) in [7, 11) is -0.363. The quantitative estimate of drug-likeness (QED) is 0.139. The SMILES string of the molecule is CC1(C)OB(c2ccc(N)nc2)OC1(C)C.Clc1cc2c(cc1Br)CCO2.Clc1ccc2c(c1)OCC2.Nc1ccc(-c2cc3c(cc2Cl)OCC3)cn1.O=C(Nc1ccc(-c2cc3c(cc2Cl)OCC3)cn1)c1c(F)cccc1F. The van der Waals surface area contributed by atoms with Crippen molar-refractivity contribution in [1.82, 2.24) is 15.0 Å². The molecule has 1 fully saturated rings. The molecule has 13 nitrogen and oxygen atoms in total. The maximum Gasteiger partial charge on any atom is 0.496 e. The molecule has 418 valence electrons. The second-order valence-corrected chi connectivity index (χ2v) is 22.5. The molecule has 8 heterocycles. The number of nitrogens with zero attached hydrogens (tertiary/aromatic N) is 3. The molecule has 5 aliphatic heterocycles. The Morgan fingerprint density at radius 3 is 1.53 bits per heavy atom. The summed E-state index contributed by atoms with van der Waals surface area (Å²) in [6.07, 6.45) is 8.72. The van der Waals surface area contributed by atoms with Gasteiger partial charge in [-0.3, -0.25) is 4.79 Å². The molecule has 0 aliphatic carbocycles. The van der Waals surface area contributed by atoms with Crippen LogP contribution < -0.4 is 41.2 Å². The Morgan fingerprint density at radius 1 is 0.568 bits per heavy atom. The van der Waals surface area contributed by atoms with Crippen LogP contribution in [0.4, 0.5) is 26.2 Å². The number of ether oxygens (including phenoxy) is 4. The summed E-state index contributed by atoms with van der Waals surface area (Å²) < 4.78 is 61.7. The van der Waals surface area contributed by atoms with Gasteiger partial charge in [0, 0.05) is 87.6 Å². The minimum Gasteiger partial charge on any atom is -0.493 e. The molecule has 0 saturated carbocycles. The first-order valence-electron chi connectivity index (χ1n) is 25.6. The first kappa shape index (κ1) is 58.9. The zero-order valence-corrected chi connectivity index (χ0v) is 49.0. The Morgan fingerprint density at radius 2 is 1.04 bits per heavy atom. The van der Waals surface area contributed by atoms with Crippen LogP contribution >= 0.6 is 62.3 Å². The van der Waals surface area contributed by atoms with Crippen molar-refractivity contribution in [2.45, 2.75) is 64.6 Å². The number of pyridine rings is 3. The van der Waals surface area contributed by atoms with Gasteiger partial charge < -0.3 is 45.0 Å². The standard InChI is InChI=1S/C20H13ClF2N2O2.C13H11ClN2O.C11H17BN2O2.C8H6BrClO.C8H7ClO/c21-14-9-17-11(6-7-27-17)8-13(14)12-4-5-18(24-10-12)25-20(26)19-15(22)2-1-3-16(19)23;14-11-6-12-8(3-4-17-12)5-10(11)9-1-2-13(15)16-7-9;1-10(2)11(3,4)16-12(15-10)8-5-6-9(13)14-7-8;9-6-3-5-1-2-11-8(5)4-7(6)10;9-7-2-1-6-3-4-10-8(6)5-7/h1-5,8-10H,6-7H2,(H,24,25,26);1-2,5-7H,3-4H2,(H2,15,16);5-7H,1-4H3,(H2,13,14);3-4H,1-2H2;1-2,5H,3-4H2. The number of hydrogen-bond acceptors (Lipinski definition) is 12. The largest absolute Gasteiger partial charge is 0.496 e. The zero-order chi connectivity index (χ0) is 57.6. The van der Waals surface area contributed by atoms with Crippen LogP contribution in [0, 0.1) is 11.6 Å². The summed E-state index contributed by atoms with van der Waals surface area (Å²) in [5.41, 5.74) is 19.0. The molecule has 3 aromatic heterocycles. The van der Waals surface area contributed by atoms with Crippen molar-refractivity contribution in [3.05, 3.63) is 192 Å². The van der Waals surface area contributed by atoms with Gasteiger partial charge >= 0.3 is 7.12 Å². The highest BCUT2D eigenvalue weighted by molar-refractivity contribution is 9.10. The van der Waals surface area contributed by atoms with E-state index in [1.165, 1.54) is 29.0 Å². The van der Waals surface area contributed by atoms with Crippen molar-refractivity contribution in [3.63, 3.8) is 0 Å². The molecular formula is C60H54BBrCl4F2N6O7. The van der Waals surface area contributed by atoms with Crippen LogP contribution in [0.15, 0.2) is 132 Å². The average Bonchev–Trinajstić information content (AvgIpc) is 4.32. The summed E-state index contributed by atoms with van der Waals surface area (Å²) >= 11 is 27.5. The van der Waals surface area contributed by atoms with Crippen LogP contribution in [-0.2, 0) is 35.0 Å². The smallest absolute Gasteiger partial charge is 0.493 e. The zero-order valence-electron chi connectivity index (χ0n) is 44.4. The van der Waals surface area contributed by atoms with Crippen LogP contribution in [0.5, 0.6) is 23.0 Å². The van der Waals surface area contributed by atoms with Gasteiger partial charge in [0.1, 0.15) is 57.6 Å². The van der Waals surface area contributed by atoms with Crippen LogP contribution in [0.1, 0.15) is 60.3 Å². The molecule has 8 aromatic rings. The van der Waals surface area contributed by atoms with Crippen molar-refractivity contribution in [1.29, 1.82) is 0 Å². The maximum atomic E-state index is 13.7. The van der Waals surface area contributed by atoms with Crippen molar-refractivity contribution in [3.8, 4) is 45.3 Å². The van der Waals surface area contributed by atoms with Crippen LogP contribution in [0.3, 0.4) is 0 Å². The van der Waals surface area contributed by atoms with Crippen LogP contribution in [0.2, 0.25) is 20.1 Å². The lowest BCUT2D eigenvalue weighted by Crippen LogP contribution is -2.41. The number of anilines is 3. The number of nitrogens with one attached hydrogen (secondary N) is 1. The highest BCUT2D eigenvalue weighted by Crippen LogP contribution is 2.40. The van der Waals surface area contributed by atoms with Crippen molar-refractivity contribution < 1.29 is 41.8 Å². The molecule has 0 bridgehead atoms. The normalized spacial score (nSPS) is 15.1. The first-order chi connectivity index (χ1) is 38.7. The van der Waals surface area contributed by atoms with Gasteiger partial charge in [0.05, 0.1) is 52.7 Å². The number of nitrogen functional groups attached to an aromatic ring is 2. The molecule has 0 radical (unpaired) electrons. The molecule has 1 saturated heterocycles. The number of carbonyl (C=O) groups excluding carboxylic acids is 1. The average molecular weight is 1240 g/mol. The lowest BCUT2D eigenvalue weighted by Gasteiger charge is -2.32. The second kappa shape index (κ2) is 25.6. The predicted molar refractivity (Wildman–Crippen MR) is 320 cm³/mol. The first-order valence-corrected chi connectivity index (χ1v) is 28.0. The summed E-state index contributed by atoms with van der Waals surface area (Å²) in [4.78, 5) is 24.4. The third-order valence-electron chi connectivity index (χ3n) is 13.9. The molecule has 13 rings (SSSR count). The fraction of sp³-hybridized carbons (Fsp3) is 0.233. The number of benzene rings is 5. The molecule has 0 spiro atoms. The highest BCUT2D eigenvalue weighted by Gasteiger charge is 2.51. The van der Waals surface area contributed by atoms with E-state index < -0.39 is 23.1 Å². The minimum atomic E-state index is -0.934. The van der Waals surface area contributed by atoms with Crippen LogP contribution in [-0.4, -0.2) is 65.6 Å². The van der Waals surface area contributed by atoms with Gasteiger partial charge in [-0.1, -0.05) is 64.6 Å². The Labute approximate surface area is 496 Å².